The lowest BCUT2D eigenvalue weighted by Gasteiger charge is -2.15. The summed E-state index contributed by atoms with van der Waals surface area (Å²) in [6.45, 7) is 2.28. The highest BCUT2D eigenvalue weighted by atomic mass is 32.1. The van der Waals surface area contributed by atoms with E-state index >= 15 is 0 Å². The van der Waals surface area contributed by atoms with Crippen LogP contribution in [0.3, 0.4) is 0 Å². The van der Waals surface area contributed by atoms with Crippen LogP contribution < -0.4 is 21.9 Å². The van der Waals surface area contributed by atoms with Crippen molar-refractivity contribution in [3.05, 3.63) is 70.1 Å². The number of thiophene rings is 1. The molecule has 0 aliphatic carbocycles. The van der Waals surface area contributed by atoms with Crippen molar-refractivity contribution in [3.8, 4) is 11.5 Å². The van der Waals surface area contributed by atoms with Crippen molar-refractivity contribution in [2.75, 3.05) is 11.1 Å². The van der Waals surface area contributed by atoms with Crippen molar-refractivity contribution in [1.29, 1.82) is 0 Å². The van der Waals surface area contributed by atoms with Crippen LogP contribution in [0, 0.1) is 0 Å². The van der Waals surface area contributed by atoms with Gasteiger partial charge in [-0.05, 0) is 35.8 Å². The summed E-state index contributed by atoms with van der Waals surface area (Å²) < 4.78 is 7.71. The van der Waals surface area contributed by atoms with Crippen molar-refractivity contribution in [2.45, 2.75) is 31.8 Å². The second-order valence-electron chi connectivity index (χ2n) is 8.73. The summed E-state index contributed by atoms with van der Waals surface area (Å²) in [5.74, 6) is 1.06. The average Bonchev–Trinajstić information content (AvgIpc) is 3.62. The van der Waals surface area contributed by atoms with Gasteiger partial charge in [-0.1, -0.05) is 6.92 Å². The summed E-state index contributed by atoms with van der Waals surface area (Å²) in [4.78, 5) is 44.4. The molecule has 6 rings (SSSR count). The molecule has 5 aromatic heterocycles. The molecule has 1 aliphatic rings. The smallest absolute Gasteiger partial charge is 0.278 e. The first-order valence-corrected chi connectivity index (χ1v) is 12.3. The highest BCUT2D eigenvalue weighted by Gasteiger charge is 2.35. The quantitative estimate of drug-likeness (QED) is 0.306. The molecule has 0 saturated carbocycles. The SMILES string of the molecule is C[C@@H]1C[C@@H](C(=O)NCc2cc3cnc(N)cc3s2)n2c1ncc(Nc1noc(-c3cccnc3)n1)c2=O. The molecule has 5 aromatic rings. The molecule has 12 nitrogen and oxygen atoms in total. The van der Waals surface area contributed by atoms with E-state index in [1.807, 2.05) is 19.1 Å². The summed E-state index contributed by atoms with van der Waals surface area (Å²) in [7, 11) is 0. The number of hydrogen-bond acceptors (Lipinski definition) is 11. The molecule has 186 valence electrons. The van der Waals surface area contributed by atoms with Crippen LogP contribution in [-0.4, -0.2) is 35.6 Å². The number of aromatic nitrogens is 6. The Hall–Kier alpha value is -4.65. The van der Waals surface area contributed by atoms with Gasteiger partial charge in [-0.2, -0.15) is 4.98 Å². The summed E-state index contributed by atoms with van der Waals surface area (Å²) >= 11 is 1.54. The molecular weight excluding hydrogens is 494 g/mol. The van der Waals surface area contributed by atoms with Crippen LogP contribution in [0.5, 0.6) is 0 Å². The molecule has 0 fully saturated rings. The number of nitrogens with two attached hydrogens (primary N) is 1. The van der Waals surface area contributed by atoms with E-state index in [1.54, 1.807) is 30.7 Å². The lowest BCUT2D eigenvalue weighted by molar-refractivity contribution is -0.124. The fraction of sp³-hybridized carbons (Fsp3) is 0.208. The number of amides is 1. The van der Waals surface area contributed by atoms with Crippen LogP contribution in [-0.2, 0) is 11.3 Å². The predicted octanol–water partition coefficient (Wildman–Crippen LogP) is 2.99. The van der Waals surface area contributed by atoms with Crippen molar-refractivity contribution < 1.29 is 9.32 Å². The standard InChI is InChI=1S/C24H21N9O3S/c1-12-5-17(21(34)29-10-15-6-14-9-27-19(25)7-18(14)37-15)33-20(12)28-11-16(23(33)35)30-24-31-22(36-32-24)13-3-2-4-26-8-13/h2-4,6-9,11-12,17H,5,10H2,1H3,(H2,25,27)(H,29,34)(H,30,32)/t12-,17+/m1/s1. The second-order valence-corrected chi connectivity index (χ2v) is 9.89. The highest BCUT2D eigenvalue weighted by Crippen LogP contribution is 2.34. The molecule has 0 saturated heterocycles. The zero-order valence-corrected chi connectivity index (χ0v) is 20.4. The Bertz CT molecular complexity index is 1680. The normalized spacial score (nSPS) is 16.6. The van der Waals surface area contributed by atoms with E-state index in [9.17, 15) is 9.59 Å². The van der Waals surface area contributed by atoms with E-state index in [0.29, 0.717) is 30.2 Å². The van der Waals surface area contributed by atoms with E-state index in [2.05, 4.69) is 35.7 Å². The third-order valence-corrected chi connectivity index (χ3v) is 7.24. The molecule has 13 heteroatoms. The monoisotopic (exact) mass is 515 g/mol. The number of carbonyl (C=O) groups is 1. The lowest BCUT2D eigenvalue weighted by Crippen LogP contribution is -2.36. The fourth-order valence-corrected chi connectivity index (χ4v) is 5.41. The molecular formula is C24H21N9O3S. The Balaban J connectivity index is 1.21. The van der Waals surface area contributed by atoms with Gasteiger partial charge in [0.05, 0.1) is 18.3 Å². The van der Waals surface area contributed by atoms with E-state index in [1.165, 1.54) is 22.1 Å². The Kier molecular flexibility index (Phi) is 5.60. The molecule has 2 atom stereocenters. The summed E-state index contributed by atoms with van der Waals surface area (Å²) in [6.07, 6.45) is 6.85. The van der Waals surface area contributed by atoms with E-state index in [4.69, 9.17) is 10.3 Å². The lowest BCUT2D eigenvalue weighted by atomic mass is 10.1. The number of carbonyl (C=O) groups excluding carboxylic acids is 1. The van der Waals surface area contributed by atoms with Gasteiger partial charge in [-0.15, -0.1) is 11.3 Å². The number of rotatable bonds is 6. The number of nitrogens with zero attached hydrogens (tertiary/aromatic N) is 6. The van der Waals surface area contributed by atoms with Crippen molar-refractivity contribution in [3.63, 3.8) is 0 Å². The molecule has 0 aromatic carbocycles. The molecule has 37 heavy (non-hydrogen) atoms. The van der Waals surface area contributed by atoms with Gasteiger partial charge in [0.15, 0.2) is 0 Å². The summed E-state index contributed by atoms with van der Waals surface area (Å²) in [5.41, 5.74) is 6.17. The van der Waals surface area contributed by atoms with Crippen LogP contribution in [0.25, 0.3) is 21.5 Å². The Morgan fingerprint density at radius 2 is 2.16 bits per heavy atom. The van der Waals surface area contributed by atoms with Crippen molar-refractivity contribution >= 4 is 44.8 Å². The summed E-state index contributed by atoms with van der Waals surface area (Å²) in [5, 5.41) is 10.7. The maximum Gasteiger partial charge on any atom is 0.278 e. The first-order chi connectivity index (χ1) is 18.0. The molecule has 0 unspecified atom stereocenters. The summed E-state index contributed by atoms with van der Waals surface area (Å²) in [6, 6.07) is 6.63. The van der Waals surface area contributed by atoms with Gasteiger partial charge in [0.2, 0.25) is 5.91 Å². The number of nitrogens with one attached hydrogen (secondary N) is 2. The van der Waals surface area contributed by atoms with E-state index < -0.39 is 6.04 Å². The topological polar surface area (TPSA) is 167 Å². The number of nitrogen functional groups attached to an aromatic ring is 1. The Morgan fingerprint density at radius 1 is 1.27 bits per heavy atom. The third-order valence-electron chi connectivity index (χ3n) is 6.15. The number of pyridine rings is 2. The van der Waals surface area contributed by atoms with Gasteiger partial charge in [-0.25, -0.2) is 9.97 Å². The van der Waals surface area contributed by atoms with Crippen LogP contribution >= 0.6 is 11.3 Å². The van der Waals surface area contributed by atoms with Crippen LogP contribution in [0.15, 0.2) is 58.4 Å². The second kappa shape index (κ2) is 9.09. The van der Waals surface area contributed by atoms with Gasteiger partial charge in [0, 0.05) is 39.5 Å². The van der Waals surface area contributed by atoms with Crippen LogP contribution in [0.1, 0.15) is 36.0 Å². The van der Waals surface area contributed by atoms with Crippen molar-refractivity contribution in [2.24, 2.45) is 0 Å². The molecule has 6 heterocycles. The maximum absolute atomic E-state index is 13.4. The zero-order valence-electron chi connectivity index (χ0n) is 19.6. The van der Waals surface area contributed by atoms with Gasteiger partial charge >= 0.3 is 0 Å². The fourth-order valence-electron chi connectivity index (χ4n) is 4.39. The number of anilines is 3. The molecule has 0 radical (unpaired) electrons. The van der Waals surface area contributed by atoms with E-state index in [0.717, 1.165) is 15.0 Å². The first kappa shape index (κ1) is 22.8. The number of fused-ring (bicyclic) bond motifs is 2. The number of hydrogen-bond donors (Lipinski definition) is 3. The van der Waals surface area contributed by atoms with Crippen LogP contribution in [0.2, 0.25) is 0 Å². The molecule has 0 bridgehead atoms. The van der Waals surface area contributed by atoms with Gasteiger partial charge in [0.25, 0.3) is 17.4 Å². The van der Waals surface area contributed by atoms with Gasteiger partial charge < -0.3 is 20.9 Å². The average molecular weight is 516 g/mol. The van der Waals surface area contributed by atoms with Crippen molar-refractivity contribution in [1.82, 2.24) is 35.0 Å². The Morgan fingerprint density at radius 3 is 3.00 bits per heavy atom. The minimum Gasteiger partial charge on any atom is -0.384 e. The zero-order chi connectivity index (χ0) is 25.5. The molecule has 4 N–H and O–H groups in total. The minimum absolute atomic E-state index is 0.0572. The maximum atomic E-state index is 13.4. The minimum atomic E-state index is -0.685. The van der Waals surface area contributed by atoms with E-state index in [-0.39, 0.29) is 34.9 Å². The molecule has 1 aliphatic heterocycles. The van der Waals surface area contributed by atoms with Gasteiger partial charge in [-0.3, -0.25) is 19.1 Å². The van der Waals surface area contributed by atoms with Crippen LogP contribution in [0.4, 0.5) is 17.5 Å². The Labute approximate surface area is 213 Å². The largest absolute Gasteiger partial charge is 0.384 e. The third kappa shape index (κ3) is 4.29. The highest BCUT2D eigenvalue weighted by molar-refractivity contribution is 7.19. The predicted molar refractivity (Wildman–Crippen MR) is 137 cm³/mol. The molecule has 0 spiro atoms. The molecule has 1 amide bonds. The first-order valence-electron chi connectivity index (χ1n) is 11.5. The van der Waals surface area contributed by atoms with Gasteiger partial charge in [0.1, 0.15) is 23.4 Å².